The van der Waals surface area contributed by atoms with Gasteiger partial charge in [-0.05, 0) is 37.3 Å². The molecule has 1 N–H and O–H groups in total. The fourth-order valence-electron chi connectivity index (χ4n) is 2.37. The second-order valence-electron chi connectivity index (χ2n) is 5.84. The van der Waals surface area contributed by atoms with Gasteiger partial charge in [-0.2, -0.15) is 0 Å². The van der Waals surface area contributed by atoms with Crippen molar-refractivity contribution in [2.24, 2.45) is 0 Å². The Hall–Kier alpha value is -2.81. The van der Waals surface area contributed by atoms with E-state index in [-0.39, 0.29) is 11.4 Å². The number of thioether (sulfide) groups is 1. The number of rotatable bonds is 6. The molecule has 0 fully saturated rings. The lowest BCUT2D eigenvalue weighted by molar-refractivity contribution is -0.150. The minimum atomic E-state index is -1.14. The van der Waals surface area contributed by atoms with E-state index in [0.717, 1.165) is 17.0 Å². The van der Waals surface area contributed by atoms with E-state index in [9.17, 15) is 18.4 Å². The van der Waals surface area contributed by atoms with Gasteiger partial charge in [0.05, 0.1) is 11.4 Å². The Morgan fingerprint density at radius 2 is 1.89 bits per heavy atom. The van der Waals surface area contributed by atoms with Gasteiger partial charge in [-0.1, -0.05) is 0 Å². The molecule has 1 amide bonds. The first-order valence-electron chi connectivity index (χ1n) is 8.40. The maximum absolute atomic E-state index is 13.6. The first kappa shape index (κ1) is 19.9. The van der Waals surface area contributed by atoms with Gasteiger partial charge < -0.3 is 19.5 Å². The van der Waals surface area contributed by atoms with Crippen LogP contribution in [0.1, 0.15) is 6.92 Å². The van der Waals surface area contributed by atoms with Crippen molar-refractivity contribution in [2.75, 3.05) is 24.3 Å². The molecule has 0 saturated heterocycles. The van der Waals surface area contributed by atoms with E-state index >= 15 is 0 Å². The fourth-order valence-corrected chi connectivity index (χ4v) is 3.07. The molecule has 3 rings (SSSR count). The number of halogens is 2. The third-order valence-corrected chi connectivity index (χ3v) is 4.70. The van der Waals surface area contributed by atoms with Gasteiger partial charge in [-0.25, -0.2) is 8.78 Å². The predicted molar refractivity (Wildman–Crippen MR) is 98.7 cm³/mol. The van der Waals surface area contributed by atoms with Gasteiger partial charge in [-0.3, -0.25) is 9.59 Å². The molecule has 1 aliphatic rings. The van der Waals surface area contributed by atoms with E-state index in [1.54, 1.807) is 18.2 Å². The van der Waals surface area contributed by atoms with E-state index in [4.69, 9.17) is 14.2 Å². The number of nitrogens with one attached hydrogen (secondary N) is 1. The smallest absolute Gasteiger partial charge is 0.317 e. The number of anilines is 1. The molecule has 6 nitrogen and oxygen atoms in total. The lowest BCUT2D eigenvalue weighted by Gasteiger charge is -2.18. The van der Waals surface area contributed by atoms with Gasteiger partial charge in [0.2, 0.25) is 0 Å². The number of benzene rings is 2. The summed E-state index contributed by atoms with van der Waals surface area (Å²) in [5.74, 6) is -1.77. The Labute approximate surface area is 164 Å². The summed E-state index contributed by atoms with van der Waals surface area (Å²) in [7, 11) is 0. The van der Waals surface area contributed by atoms with Gasteiger partial charge in [0, 0.05) is 11.0 Å². The predicted octanol–water partition coefficient (Wildman–Crippen LogP) is 3.40. The zero-order valence-corrected chi connectivity index (χ0v) is 15.7. The number of ether oxygens (including phenoxy) is 3. The van der Waals surface area contributed by atoms with Gasteiger partial charge in [-0.15, -0.1) is 11.8 Å². The quantitative estimate of drug-likeness (QED) is 0.582. The summed E-state index contributed by atoms with van der Waals surface area (Å²) < 4.78 is 42.4. The number of carbonyl (C=O) groups excluding carboxylic acids is 2. The highest BCUT2D eigenvalue weighted by molar-refractivity contribution is 8.00. The average molecular weight is 409 g/mol. The third-order valence-electron chi connectivity index (χ3n) is 3.74. The van der Waals surface area contributed by atoms with Crippen molar-refractivity contribution >= 4 is 29.3 Å². The summed E-state index contributed by atoms with van der Waals surface area (Å²) in [6.07, 6.45) is -1.14. The molecule has 1 heterocycles. The van der Waals surface area contributed by atoms with Crippen LogP contribution in [0.4, 0.5) is 14.5 Å². The zero-order valence-electron chi connectivity index (χ0n) is 14.9. The fraction of sp³-hybridized carbons (Fsp3) is 0.263. The molecule has 0 radical (unpaired) electrons. The number of hydrogen-bond acceptors (Lipinski definition) is 6. The third kappa shape index (κ3) is 5.13. The molecule has 0 spiro atoms. The standard InChI is InChI=1S/C19H17F2NO5S/c1-11(19(24)22-15-4-2-12(20)8-14(15)21)27-18(23)10-28-13-3-5-16-17(9-13)26-7-6-25-16/h2-5,8-9,11H,6-7,10H2,1H3,(H,22,24)/t11-/m1/s1. The molecule has 28 heavy (non-hydrogen) atoms. The minimum Gasteiger partial charge on any atom is -0.486 e. The monoisotopic (exact) mass is 409 g/mol. The van der Waals surface area contributed by atoms with Gasteiger partial charge in [0.25, 0.3) is 5.91 Å². The molecular weight excluding hydrogens is 392 g/mol. The summed E-state index contributed by atoms with van der Waals surface area (Å²) in [6, 6.07) is 8.07. The van der Waals surface area contributed by atoms with E-state index in [0.29, 0.717) is 30.8 Å². The molecule has 2 aromatic carbocycles. The Balaban J connectivity index is 1.49. The highest BCUT2D eigenvalue weighted by Crippen LogP contribution is 2.34. The Morgan fingerprint density at radius 3 is 2.64 bits per heavy atom. The van der Waals surface area contributed by atoms with Crippen LogP contribution in [0.2, 0.25) is 0 Å². The maximum Gasteiger partial charge on any atom is 0.317 e. The normalized spacial score (nSPS) is 13.5. The van der Waals surface area contributed by atoms with Crippen molar-refractivity contribution in [2.45, 2.75) is 17.9 Å². The molecule has 148 valence electrons. The van der Waals surface area contributed by atoms with E-state index in [1.165, 1.54) is 18.7 Å². The van der Waals surface area contributed by atoms with Crippen LogP contribution in [0.15, 0.2) is 41.3 Å². The summed E-state index contributed by atoms with van der Waals surface area (Å²) in [5, 5.41) is 2.26. The topological polar surface area (TPSA) is 73.9 Å². The minimum absolute atomic E-state index is 0.0256. The maximum atomic E-state index is 13.6. The highest BCUT2D eigenvalue weighted by Gasteiger charge is 2.20. The van der Waals surface area contributed by atoms with Crippen LogP contribution in [0.25, 0.3) is 0 Å². The Bertz CT molecular complexity index is 893. The van der Waals surface area contributed by atoms with Crippen LogP contribution in [-0.2, 0) is 14.3 Å². The number of amides is 1. The van der Waals surface area contributed by atoms with E-state index < -0.39 is 29.6 Å². The molecule has 2 aromatic rings. The van der Waals surface area contributed by atoms with Crippen LogP contribution in [0, 0.1) is 11.6 Å². The molecule has 0 unspecified atom stereocenters. The van der Waals surface area contributed by atoms with E-state index in [1.807, 2.05) is 0 Å². The van der Waals surface area contributed by atoms with Crippen LogP contribution in [-0.4, -0.2) is 36.9 Å². The molecule has 1 aliphatic heterocycles. The molecule has 9 heteroatoms. The summed E-state index contributed by atoms with van der Waals surface area (Å²) >= 11 is 1.22. The van der Waals surface area contributed by atoms with Crippen molar-refractivity contribution in [3.8, 4) is 11.5 Å². The van der Waals surface area contributed by atoms with Crippen LogP contribution in [0.3, 0.4) is 0 Å². The zero-order chi connectivity index (χ0) is 20.1. The summed E-state index contributed by atoms with van der Waals surface area (Å²) in [5.41, 5.74) is -0.194. The lowest BCUT2D eigenvalue weighted by Crippen LogP contribution is -2.30. The van der Waals surface area contributed by atoms with Crippen molar-refractivity contribution in [1.82, 2.24) is 0 Å². The number of esters is 1. The molecule has 0 bridgehead atoms. The van der Waals surface area contributed by atoms with Crippen molar-refractivity contribution in [1.29, 1.82) is 0 Å². The van der Waals surface area contributed by atoms with Crippen molar-refractivity contribution < 1.29 is 32.6 Å². The molecule has 0 aromatic heterocycles. The summed E-state index contributed by atoms with van der Waals surface area (Å²) in [4.78, 5) is 24.8. The largest absolute Gasteiger partial charge is 0.486 e. The first-order chi connectivity index (χ1) is 13.4. The Kier molecular flexibility index (Phi) is 6.35. The SMILES string of the molecule is C[C@@H](OC(=O)CSc1ccc2c(c1)OCCO2)C(=O)Nc1ccc(F)cc1F. The van der Waals surface area contributed by atoms with Crippen LogP contribution >= 0.6 is 11.8 Å². The molecular formula is C19H17F2NO5S. The van der Waals surface area contributed by atoms with Crippen molar-refractivity contribution in [3.63, 3.8) is 0 Å². The summed E-state index contributed by atoms with van der Waals surface area (Å²) in [6.45, 7) is 2.32. The lowest BCUT2D eigenvalue weighted by atomic mass is 10.2. The molecule has 1 atom stereocenters. The van der Waals surface area contributed by atoms with Gasteiger partial charge >= 0.3 is 5.97 Å². The molecule has 0 saturated carbocycles. The molecule has 0 aliphatic carbocycles. The van der Waals surface area contributed by atoms with E-state index in [2.05, 4.69) is 5.32 Å². The number of fused-ring (bicyclic) bond motifs is 1. The Morgan fingerprint density at radius 1 is 1.14 bits per heavy atom. The highest BCUT2D eigenvalue weighted by atomic mass is 32.2. The average Bonchev–Trinajstić information content (AvgIpc) is 2.68. The second kappa shape index (κ2) is 8.92. The second-order valence-corrected chi connectivity index (χ2v) is 6.89. The van der Waals surface area contributed by atoms with Gasteiger partial charge in [0.15, 0.2) is 17.6 Å². The van der Waals surface area contributed by atoms with Crippen LogP contribution < -0.4 is 14.8 Å². The number of carbonyl (C=O) groups is 2. The van der Waals surface area contributed by atoms with Crippen LogP contribution in [0.5, 0.6) is 11.5 Å². The van der Waals surface area contributed by atoms with Gasteiger partial charge in [0.1, 0.15) is 24.8 Å². The first-order valence-corrected chi connectivity index (χ1v) is 9.39. The number of hydrogen-bond donors (Lipinski definition) is 1. The van der Waals surface area contributed by atoms with Crippen molar-refractivity contribution in [3.05, 3.63) is 48.0 Å².